The van der Waals surface area contributed by atoms with Crippen molar-refractivity contribution in [2.45, 2.75) is 32.2 Å². The molecule has 0 radical (unpaired) electrons. The van der Waals surface area contributed by atoms with Gasteiger partial charge in [-0.15, -0.1) is 0 Å². The van der Waals surface area contributed by atoms with Crippen LogP contribution >= 0.6 is 11.6 Å². The summed E-state index contributed by atoms with van der Waals surface area (Å²) in [5.74, 6) is -1.54. The molecule has 2 amide bonds. The minimum absolute atomic E-state index is 0.0285. The Morgan fingerprint density at radius 3 is 2.62 bits per heavy atom. The van der Waals surface area contributed by atoms with Crippen LogP contribution in [-0.2, 0) is 9.53 Å². The van der Waals surface area contributed by atoms with E-state index in [2.05, 4.69) is 10.6 Å². The van der Waals surface area contributed by atoms with Gasteiger partial charge in [0.2, 0.25) is 0 Å². The second-order valence-corrected chi connectivity index (χ2v) is 7.12. The van der Waals surface area contributed by atoms with Crippen molar-refractivity contribution in [3.05, 3.63) is 23.0 Å². The quantitative estimate of drug-likeness (QED) is 0.697. The number of urea groups is 1. The van der Waals surface area contributed by atoms with Crippen molar-refractivity contribution >= 4 is 35.0 Å². The first-order chi connectivity index (χ1) is 12.2. The SMILES string of the molecule is CC(C)(CCC(=O)O)NC(=O)Nc1ccc(Cl)c(F)c1N1CCOCC1. The van der Waals surface area contributed by atoms with Gasteiger partial charge < -0.3 is 25.4 Å². The molecular weight excluding hydrogens is 365 g/mol. The standard InChI is InChI=1S/C17H23ClFN3O4/c1-17(2,6-5-13(23)24)21-16(25)20-12-4-3-11(18)14(19)15(12)22-7-9-26-10-8-22/h3-4H,5-10H2,1-2H3,(H,23,24)(H2,20,21,25). The summed E-state index contributed by atoms with van der Waals surface area (Å²) in [7, 11) is 0. The number of carbonyl (C=O) groups is 2. The molecule has 0 aromatic heterocycles. The number of anilines is 2. The third-order valence-electron chi connectivity index (χ3n) is 4.06. The van der Waals surface area contributed by atoms with Gasteiger partial charge >= 0.3 is 12.0 Å². The van der Waals surface area contributed by atoms with Crippen LogP contribution in [0, 0.1) is 5.82 Å². The minimum atomic E-state index is -0.936. The van der Waals surface area contributed by atoms with E-state index in [4.69, 9.17) is 21.4 Å². The van der Waals surface area contributed by atoms with Crippen LogP contribution in [0.1, 0.15) is 26.7 Å². The number of carboxylic acid groups (broad SMARTS) is 1. The maximum absolute atomic E-state index is 14.6. The molecule has 9 heteroatoms. The monoisotopic (exact) mass is 387 g/mol. The topological polar surface area (TPSA) is 90.9 Å². The van der Waals surface area contributed by atoms with E-state index < -0.39 is 23.4 Å². The normalized spacial score (nSPS) is 14.8. The molecular formula is C17H23ClFN3O4. The summed E-state index contributed by atoms with van der Waals surface area (Å²) < 4.78 is 19.9. The van der Waals surface area contributed by atoms with Crippen LogP contribution in [0.2, 0.25) is 5.02 Å². The van der Waals surface area contributed by atoms with Gasteiger partial charge in [0, 0.05) is 25.0 Å². The Morgan fingerprint density at radius 2 is 2.00 bits per heavy atom. The number of hydrogen-bond donors (Lipinski definition) is 3. The number of hydrogen-bond acceptors (Lipinski definition) is 4. The fourth-order valence-electron chi connectivity index (χ4n) is 2.68. The molecule has 1 saturated heterocycles. The summed E-state index contributed by atoms with van der Waals surface area (Å²) in [5, 5.41) is 14.1. The molecule has 0 unspecified atom stereocenters. The number of morpholine rings is 1. The average molecular weight is 388 g/mol. The summed E-state index contributed by atoms with van der Waals surface area (Å²) in [6.07, 6.45) is 0.197. The van der Waals surface area contributed by atoms with E-state index in [0.717, 1.165) is 0 Å². The highest BCUT2D eigenvalue weighted by Gasteiger charge is 2.25. The molecule has 0 saturated carbocycles. The van der Waals surface area contributed by atoms with Crippen molar-refractivity contribution in [3.8, 4) is 0 Å². The molecule has 2 rings (SSSR count). The summed E-state index contributed by atoms with van der Waals surface area (Å²) in [6, 6.07) is 2.38. The maximum atomic E-state index is 14.6. The number of aliphatic carboxylic acids is 1. The van der Waals surface area contributed by atoms with Crippen molar-refractivity contribution < 1.29 is 23.8 Å². The Hall–Kier alpha value is -2.06. The fourth-order valence-corrected chi connectivity index (χ4v) is 2.83. The molecule has 1 heterocycles. The van der Waals surface area contributed by atoms with E-state index in [-0.39, 0.29) is 23.6 Å². The van der Waals surface area contributed by atoms with Crippen LogP contribution in [0.15, 0.2) is 12.1 Å². The van der Waals surface area contributed by atoms with Gasteiger partial charge in [-0.05, 0) is 32.4 Å². The van der Waals surface area contributed by atoms with Crippen molar-refractivity contribution in [3.63, 3.8) is 0 Å². The van der Waals surface area contributed by atoms with E-state index in [1.165, 1.54) is 6.07 Å². The molecule has 0 aliphatic carbocycles. The maximum Gasteiger partial charge on any atom is 0.319 e. The fraction of sp³-hybridized carbons (Fsp3) is 0.529. The summed E-state index contributed by atoms with van der Waals surface area (Å²) >= 11 is 5.90. The molecule has 1 aliphatic heterocycles. The lowest BCUT2D eigenvalue weighted by atomic mass is 9.99. The summed E-state index contributed by atoms with van der Waals surface area (Å²) in [6.45, 7) is 5.33. The van der Waals surface area contributed by atoms with Crippen LogP contribution < -0.4 is 15.5 Å². The van der Waals surface area contributed by atoms with Crippen LogP contribution in [-0.4, -0.2) is 48.9 Å². The van der Waals surface area contributed by atoms with Gasteiger partial charge in [-0.25, -0.2) is 9.18 Å². The first-order valence-corrected chi connectivity index (χ1v) is 8.69. The second kappa shape index (κ2) is 8.55. The summed E-state index contributed by atoms with van der Waals surface area (Å²) in [4.78, 5) is 24.8. The predicted molar refractivity (Wildman–Crippen MR) is 97.5 cm³/mol. The van der Waals surface area contributed by atoms with E-state index in [9.17, 15) is 14.0 Å². The van der Waals surface area contributed by atoms with Crippen LogP contribution in [0.25, 0.3) is 0 Å². The van der Waals surface area contributed by atoms with Gasteiger partial charge in [-0.2, -0.15) is 0 Å². The lowest BCUT2D eigenvalue weighted by Gasteiger charge is -2.31. The number of nitrogens with zero attached hydrogens (tertiary/aromatic N) is 1. The third kappa shape index (κ3) is 5.47. The number of benzene rings is 1. The van der Waals surface area contributed by atoms with Gasteiger partial charge in [0.25, 0.3) is 0 Å². The van der Waals surface area contributed by atoms with E-state index >= 15 is 0 Å². The number of carbonyl (C=O) groups excluding carboxylic acids is 1. The molecule has 3 N–H and O–H groups in total. The van der Waals surface area contributed by atoms with Gasteiger partial charge in [0.05, 0.1) is 29.6 Å². The first-order valence-electron chi connectivity index (χ1n) is 8.31. The average Bonchev–Trinajstić information content (AvgIpc) is 2.57. The van der Waals surface area contributed by atoms with Crippen molar-refractivity contribution in [2.75, 3.05) is 36.5 Å². The zero-order chi connectivity index (χ0) is 19.3. The number of nitrogens with one attached hydrogen (secondary N) is 2. The third-order valence-corrected chi connectivity index (χ3v) is 4.35. The number of rotatable bonds is 6. The molecule has 1 aromatic carbocycles. The minimum Gasteiger partial charge on any atom is -0.481 e. The zero-order valence-electron chi connectivity index (χ0n) is 14.8. The first kappa shape index (κ1) is 20.3. The van der Waals surface area contributed by atoms with Gasteiger partial charge in [0.1, 0.15) is 0 Å². The van der Waals surface area contributed by atoms with Crippen LogP contribution in [0.3, 0.4) is 0 Å². The van der Waals surface area contributed by atoms with Crippen molar-refractivity contribution in [2.24, 2.45) is 0 Å². The molecule has 144 valence electrons. The smallest absolute Gasteiger partial charge is 0.319 e. The number of ether oxygens (including phenoxy) is 1. The predicted octanol–water partition coefficient (Wildman–Crippen LogP) is 3.08. The Balaban J connectivity index is 2.14. The van der Waals surface area contributed by atoms with E-state index in [1.807, 2.05) is 0 Å². The van der Waals surface area contributed by atoms with Crippen molar-refractivity contribution in [1.82, 2.24) is 5.32 Å². The number of halogens is 2. The molecule has 7 nitrogen and oxygen atoms in total. The lowest BCUT2D eigenvalue weighted by Crippen LogP contribution is -2.46. The van der Waals surface area contributed by atoms with Gasteiger partial charge in [-0.3, -0.25) is 4.79 Å². The highest BCUT2D eigenvalue weighted by Crippen LogP contribution is 2.34. The molecule has 0 bridgehead atoms. The molecule has 1 fully saturated rings. The summed E-state index contributed by atoms with van der Waals surface area (Å²) in [5.41, 5.74) is -0.216. The molecule has 0 atom stereocenters. The van der Waals surface area contributed by atoms with Gasteiger partial charge in [0.15, 0.2) is 5.82 Å². The molecule has 0 spiro atoms. The Labute approximate surface area is 156 Å². The molecule has 1 aromatic rings. The number of amides is 2. The Kier molecular flexibility index (Phi) is 6.66. The molecule has 1 aliphatic rings. The zero-order valence-corrected chi connectivity index (χ0v) is 15.5. The second-order valence-electron chi connectivity index (χ2n) is 6.71. The Morgan fingerprint density at radius 1 is 1.35 bits per heavy atom. The van der Waals surface area contributed by atoms with Crippen LogP contribution in [0.5, 0.6) is 0 Å². The van der Waals surface area contributed by atoms with E-state index in [0.29, 0.717) is 32.0 Å². The van der Waals surface area contributed by atoms with Gasteiger partial charge in [-0.1, -0.05) is 11.6 Å². The van der Waals surface area contributed by atoms with E-state index in [1.54, 1.807) is 24.8 Å². The molecule has 26 heavy (non-hydrogen) atoms. The number of carboxylic acids is 1. The van der Waals surface area contributed by atoms with Crippen LogP contribution in [0.4, 0.5) is 20.6 Å². The van der Waals surface area contributed by atoms with Crippen molar-refractivity contribution in [1.29, 1.82) is 0 Å². The Bertz CT molecular complexity index is 678. The lowest BCUT2D eigenvalue weighted by molar-refractivity contribution is -0.137. The highest BCUT2D eigenvalue weighted by molar-refractivity contribution is 6.31. The highest BCUT2D eigenvalue weighted by atomic mass is 35.5. The largest absolute Gasteiger partial charge is 0.481 e.